The number of rotatable bonds is 0. The summed E-state index contributed by atoms with van der Waals surface area (Å²) in [4.78, 5) is 1.49. The van der Waals surface area contributed by atoms with Gasteiger partial charge in [-0.15, -0.1) is 11.8 Å². The lowest BCUT2D eigenvalue weighted by atomic mass is 9.98. The Labute approximate surface area is 71.9 Å². The molecule has 1 saturated heterocycles. The molecule has 1 saturated carbocycles. The molecule has 1 aliphatic carbocycles. The highest BCUT2D eigenvalue weighted by Gasteiger charge is 2.30. The van der Waals surface area contributed by atoms with E-state index >= 15 is 0 Å². The van der Waals surface area contributed by atoms with Crippen LogP contribution in [-0.2, 0) is 0 Å². The summed E-state index contributed by atoms with van der Waals surface area (Å²) < 4.78 is 0. The summed E-state index contributed by atoms with van der Waals surface area (Å²) in [5.74, 6) is 1.10. The van der Waals surface area contributed by atoms with Crippen LogP contribution in [0, 0.1) is 0 Å². The summed E-state index contributed by atoms with van der Waals surface area (Å²) in [7, 11) is 0. The van der Waals surface area contributed by atoms with Gasteiger partial charge >= 0.3 is 0 Å². The van der Waals surface area contributed by atoms with Crippen LogP contribution in [0.3, 0.4) is 0 Å². The topological polar surface area (TPSA) is 20.2 Å². The summed E-state index contributed by atoms with van der Waals surface area (Å²) in [5, 5.41) is 9.77. The fourth-order valence-electron chi connectivity index (χ4n) is 1.45. The first-order valence-corrected chi connectivity index (χ1v) is 5.22. The average molecular weight is 170 g/mol. The highest BCUT2D eigenvalue weighted by Crippen LogP contribution is 2.44. The van der Waals surface area contributed by atoms with E-state index in [1.54, 1.807) is 5.57 Å². The number of thioether (sulfide) groups is 1. The predicted molar refractivity (Wildman–Crippen MR) is 48.6 cm³/mol. The molecule has 0 spiro atoms. The summed E-state index contributed by atoms with van der Waals surface area (Å²) in [5.41, 5.74) is 1.20. The highest BCUT2D eigenvalue weighted by molar-refractivity contribution is 8.03. The van der Waals surface area contributed by atoms with Gasteiger partial charge in [-0.25, -0.2) is 0 Å². The molecule has 0 amide bonds. The van der Waals surface area contributed by atoms with Gasteiger partial charge in [0.1, 0.15) is 0 Å². The van der Waals surface area contributed by atoms with Crippen LogP contribution in [0.4, 0.5) is 0 Å². The summed E-state index contributed by atoms with van der Waals surface area (Å²) in [6, 6.07) is 0. The van der Waals surface area contributed by atoms with Crippen LogP contribution in [-0.4, -0.2) is 16.5 Å². The van der Waals surface area contributed by atoms with Gasteiger partial charge in [-0.3, -0.25) is 0 Å². The SMILES string of the molecule is CC1(O)CCSC(=C2CC2)C1. The molecule has 2 rings (SSSR count). The molecule has 1 N–H and O–H groups in total. The monoisotopic (exact) mass is 170 g/mol. The molecule has 0 radical (unpaired) electrons. The van der Waals surface area contributed by atoms with Crippen molar-refractivity contribution in [2.45, 2.75) is 38.2 Å². The Hall–Kier alpha value is 0.0500. The first kappa shape index (κ1) is 7.69. The summed E-state index contributed by atoms with van der Waals surface area (Å²) in [6.07, 6.45) is 4.44. The maximum Gasteiger partial charge on any atom is 0.0672 e. The lowest BCUT2D eigenvalue weighted by molar-refractivity contribution is 0.0573. The Morgan fingerprint density at radius 1 is 1.45 bits per heavy atom. The van der Waals surface area contributed by atoms with Crippen LogP contribution in [0.1, 0.15) is 32.6 Å². The van der Waals surface area contributed by atoms with E-state index in [-0.39, 0.29) is 0 Å². The normalized spacial score (nSPS) is 37.6. The van der Waals surface area contributed by atoms with Crippen molar-refractivity contribution >= 4 is 11.8 Å². The van der Waals surface area contributed by atoms with Crippen molar-refractivity contribution in [2.24, 2.45) is 0 Å². The summed E-state index contributed by atoms with van der Waals surface area (Å²) in [6.45, 7) is 1.95. The molecule has 1 nitrogen and oxygen atoms in total. The van der Waals surface area contributed by atoms with Crippen molar-refractivity contribution < 1.29 is 5.11 Å². The Balaban J connectivity index is 2.09. The van der Waals surface area contributed by atoms with E-state index in [1.807, 2.05) is 18.7 Å². The van der Waals surface area contributed by atoms with E-state index in [4.69, 9.17) is 0 Å². The van der Waals surface area contributed by atoms with Gasteiger partial charge in [0, 0.05) is 12.2 Å². The van der Waals surface area contributed by atoms with E-state index < -0.39 is 5.60 Å². The molecule has 2 fully saturated rings. The van der Waals surface area contributed by atoms with Gasteiger partial charge in [-0.1, -0.05) is 5.57 Å². The smallest absolute Gasteiger partial charge is 0.0672 e. The molecular formula is C9H14OS. The molecule has 1 heterocycles. The molecule has 2 aliphatic rings. The van der Waals surface area contributed by atoms with Crippen molar-refractivity contribution in [3.05, 3.63) is 10.5 Å². The minimum Gasteiger partial charge on any atom is -0.390 e. The molecule has 1 atom stereocenters. The van der Waals surface area contributed by atoms with Crippen molar-refractivity contribution in [3.8, 4) is 0 Å². The first-order valence-electron chi connectivity index (χ1n) is 4.23. The van der Waals surface area contributed by atoms with E-state index in [1.165, 1.54) is 17.7 Å². The second kappa shape index (κ2) is 2.53. The highest BCUT2D eigenvalue weighted by atomic mass is 32.2. The molecule has 62 valence electrons. The van der Waals surface area contributed by atoms with Crippen molar-refractivity contribution in [3.63, 3.8) is 0 Å². The Morgan fingerprint density at radius 3 is 2.73 bits per heavy atom. The Kier molecular flexibility index (Phi) is 1.77. The van der Waals surface area contributed by atoms with Crippen molar-refractivity contribution in [2.75, 3.05) is 5.75 Å². The zero-order valence-electron chi connectivity index (χ0n) is 6.89. The standard InChI is InChI=1S/C9H14OS/c1-9(10)4-5-11-8(6-9)7-2-3-7/h10H,2-6H2,1H3. The Morgan fingerprint density at radius 2 is 2.18 bits per heavy atom. The third-order valence-electron chi connectivity index (χ3n) is 2.35. The van der Waals surface area contributed by atoms with Crippen LogP contribution in [0.25, 0.3) is 0 Å². The van der Waals surface area contributed by atoms with Gasteiger partial charge in [-0.05, 0) is 31.1 Å². The fraction of sp³-hybridized carbons (Fsp3) is 0.778. The minimum atomic E-state index is -0.407. The van der Waals surface area contributed by atoms with E-state index in [0.717, 1.165) is 18.6 Å². The number of aliphatic hydroxyl groups is 1. The predicted octanol–water partition coefficient (Wildman–Crippen LogP) is 2.31. The van der Waals surface area contributed by atoms with Gasteiger partial charge in [0.25, 0.3) is 0 Å². The lowest BCUT2D eigenvalue weighted by Gasteiger charge is -2.29. The number of hydrogen-bond acceptors (Lipinski definition) is 2. The van der Waals surface area contributed by atoms with Crippen LogP contribution < -0.4 is 0 Å². The lowest BCUT2D eigenvalue weighted by Crippen LogP contribution is -2.28. The fourth-order valence-corrected chi connectivity index (χ4v) is 3.06. The average Bonchev–Trinajstić information content (AvgIpc) is 2.65. The largest absolute Gasteiger partial charge is 0.390 e. The van der Waals surface area contributed by atoms with Crippen molar-refractivity contribution in [1.82, 2.24) is 0 Å². The van der Waals surface area contributed by atoms with E-state index in [9.17, 15) is 5.11 Å². The first-order chi connectivity index (χ1) is 5.17. The van der Waals surface area contributed by atoms with Crippen LogP contribution in [0.2, 0.25) is 0 Å². The van der Waals surface area contributed by atoms with Gasteiger partial charge in [0.05, 0.1) is 5.60 Å². The molecule has 2 heteroatoms. The van der Waals surface area contributed by atoms with Crippen LogP contribution in [0.15, 0.2) is 10.5 Å². The Bertz CT molecular complexity index is 200. The second-order valence-electron chi connectivity index (χ2n) is 3.80. The van der Waals surface area contributed by atoms with Gasteiger partial charge in [-0.2, -0.15) is 0 Å². The third-order valence-corrected chi connectivity index (χ3v) is 3.54. The molecule has 0 aromatic heterocycles. The van der Waals surface area contributed by atoms with Crippen molar-refractivity contribution in [1.29, 1.82) is 0 Å². The third kappa shape index (κ3) is 1.79. The maximum atomic E-state index is 9.77. The molecule has 0 bridgehead atoms. The van der Waals surface area contributed by atoms with Crippen LogP contribution >= 0.6 is 11.8 Å². The quantitative estimate of drug-likeness (QED) is 0.602. The molecule has 11 heavy (non-hydrogen) atoms. The van der Waals surface area contributed by atoms with Crippen LogP contribution in [0.5, 0.6) is 0 Å². The van der Waals surface area contributed by atoms with Gasteiger partial charge in [0.2, 0.25) is 0 Å². The zero-order valence-corrected chi connectivity index (χ0v) is 7.71. The minimum absolute atomic E-state index is 0.407. The molecular weight excluding hydrogens is 156 g/mol. The zero-order chi connectivity index (χ0) is 7.90. The molecule has 0 aromatic rings. The number of allylic oxidation sites excluding steroid dienone is 1. The second-order valence-corrected chi connectivity index (χ2v) is 4.99. The summed E-state index contributed by atoms with van der Waals surface area (Å²) >= 11 is 1.96. The van der Waals surface area contributed by atoms with E-state index in [2.05, 4.69) is 0 Å². The van der Waals surface area contributed by atoms with E-state index in [0.29, 0.717) is 0 Å². The van der Waals surface area contributed by atoms with Gasteiger partial charge in [0.15, 0.2) is 0 Å². The van der Waals surface area contributed by atoms with Gasteiger partial charge < -0.3 is 5.11 Å². The molecule has 1 aliphatic heterocycles. The molecule has 1 unspecified atom stereocenters. The number of hydrogen-bond donors (Lipinski definition) is 1. The molecule has 0 aromatic carbocycles. The maximum absolute atomic E-state index is 9.77.